The van der Waals surface area contributed by atoms with E-state index in [1.54, 1.807) is 0 Å². The normalized spacial score (nSPS) is 12.1. The minimum atomic E-state index is -0.601. The van der Waals surface area contributed by atoms with Crippen LogP contribution in [0.5, 0.6) is 0 Å². The summed E-state index contributed by atoms with van der Waals surface area (Å²) in [6.45, 7) is 2.34. The van der Waals surface area contributed by atoms with Gasteiger partial charge in [-0.15, -0.1) is 0 Å². The van der Waals surface area contributed by atoms with Gasteiger partial charge in [0, 0.05) is 23.1 Å². The predicted molar refractivity (Wildman–Crippen MR) is 82.5 cm³/mol. The number of hydrogen-bond donors (Lipinski definition) is 1. The number of nitro benzene ring substituents is 1. The maximum atomic E-state index is 13.3. The molecule has 0 amide bonds. The van der Waals surface area contributed by atoms with Gasteiger partial charge in [-0.1, -0.05) is 28.1 Å². The average Bonchev–Trinajstić information content (AvgIpc) is 2.44. The lowest BCUT2D eigenvalue weighted by Crippen LogP contribution is -2.18. The fraction of sp³-hybridized carbons (Fsp3) is 0.200. The third kappa shape index (κ3) is 4.34. The van der Waals surface area contributed by atoms with Crippen molar-refractivity contribution in [1.29, 1.82) is 0 Å². The molecule has 0 saturated heterocycles. The van der Waals surface area contributed by atoms with Crippen LogP contribution in [0.2, 0.25) is 0 Å². The Morgan fingerprint density at radius 2 is 2.10 bits per heavy atom. The monoisotopic (exact) mass is 352 g/mol. The second kappa shape index (κ2) is 6.78. The van der Waals surface area contributed by atoms with Crippen LogP contribution in [0.15, 0.2) is 46.9 Å². The first kappa shape index (κ1) is 15.6. The Hall–Kier alpha value is -1.79. The molecular formula is C15H14BrFN2O2. The molecule has 2 rings (SSSR count). The Bertz CT molecular complexity index is 664. The second-order valence-corrected chi connectivity index (χ2v) is 5.65. The maximum absolute atomic E-state index is 13.3. The minimum Gasteiger partial charge on any atom is -0.306 e. The lowest BCUT2D eigenvalue weighted by Gasteiger charge is -2.14. The van der Waals surface area contributed by atoms with E-state index in [1.165, 1.54) is 12.1 Å². The second-order valence-electron chi connectivity index (χ2n) is 4.73. The van der Waals surface area contributed by atoms with Gasteiger partial charge in [0.15, 0.2) is 0 Å². The largest absolute Gasteiger partial charge is 0.306 e. The van der Waals surface area contributed by atoms with Crippen LogP contribution < -0.4 is 5.32 Å². The molecule has 0 fully saturated rings. The van der Waals surface area contributed by atoms with Gasteiger partial charge in [0.25, 0.3) is 5.69 Å². The van der Waals surface area contributed by atoms with Crippen LogP contribution in [0.4, 0.5) is 10.1 Å². The molecular weight excluding hydrogens is 339 g/mol. The fourth-order valence-corrected chi connectivity index (χ4v) is 2.42. The molecule has 0 radical (unpaired) electrons. The Morgan fingerprint density at radius 1 is 1.33 bits per heavy atom. The van der Waals surface area contributed by atoms with Crippen LogP contribution in [-0.4, -0.2) is 4.92 Å². The van der Waals surface area contributed by atoms with E-state index < -0.39 is 10.7 Å². The molecule has 6 heteroatoms. The summed E-state index contributed by atoms with van der Waals surface area (Å²) in [7, 11) is 0. The molecule has 0 aromatic heterocycles. The third-order valence-corrected chi connectivity index (χ3v) is 3.61. The van der Waals surface area contributed by atoms with E-state index in [2.05, 4.69) is 21.2 Å². The van der Waals surface area contributed by atoms with Crippen molar-refractivity contribution >= 4 is 21.6 Å². The Labute approximate surface area is 130 Å². The highest BCUT2D eigenvalue weighted by Gasteiger charge is 2.11. The minimum absolute atomic E-state index is 0.0461. The summed E-state index contributed by atoms with van der Waals surface area (Å²) in [5.41, 5.74) is 1.39. The smallest absolute Gasteiger partial charge is 0.272 e. The number of nitrogens with one attached hydrogen (secondary N) is 1. The van der Waals surface area contributed by atoms with Gasteiger partial charge in [-0.2, -0.15) is 0 Å². The lowest BCUT2D eigenvalue weighted by atomic mass is 10.1. The molecule has 21 heavy (non-hydrogen) atoms. The van der Waals surface area contributed by atoms with Crippen LogP contribution in [0.3, 0.4) is 0 Å². The van der Waals surface area contributed by atoms with E-state index in [4.69, 9.17) is 0 Å². The Kier molecular flexibility index (Phi) is 5.03. The summed E-state index contributed by atoms with van der Waals surface area (Å²) >= 11 is 3.41. The number of rotatable bonds is 5. The van der Waals surface area contributed by atoms with Crippen molar-refractivity contribution in [2.24, 2.45) is 0 Å². The van der Waals surface area contributed by atoms with Gasteiger partial charge in [0.2, 0.25) is 0 Å². The van der Waals surface area contributed by atoms with Gasteiger partial charge in [0.1, 0.15) is 5.82 Å². The van der Waals surface area contributed by atoms with Crippen LogP contribution in [-0.2, 0) is 6.54 Å². The summed E-state index contributed by atoms with van der Waals surface area (Å²) in [4.78, 5) is 10.1. The van der Waals surface area contributed by atoms with Crippen molar-refractivity contribution in [2.45, 2.75) is 19.5 Å². The van der Waals surface area contributed by atoms with Crippen LogP contribution in [0.25, 0.3) is 0 Å². The molecule has 1 atom stereocenters. The molecule has 0 aliphatic carbocycles. The topological polar surface area (TPSA) is 55.2 Å². The molecule has 4 nitrogen and oxygen atoms in total. The number of nitrogens with zero attached hydrogens (tertiary/aromatic N) is 1. The molecule has 0 saturated carbocycles. The average molecular weight is 353 g/mol. The molecule has 0 bridgehead atoms. The molecule has 2 aromatic rings. The number of nitro groups is 1. The Morgan fingerprint density at radius 3 is 2.76 bits per heavy atom. The van der Waals surface area contributed by atoms with Crippen molar-refractivity contribution in [3.05, 3.63) is 74.0 Å². The highest BCUT2D eigenvalue weighted by Crippen LogP contribution is 2.20. The van der Waals surface area contributed by atoms with Crippen molar-refractivity contribution in [1.82, 2.24) is 5.32 Å². The summed E-state index contributed by atoms with van der Waals surface area (Å²) in [5.74, 6) is -0.601. The number of halogens is 2. The number of hydrogen-bond acceptors (Lipinski definition) is 3. The van der Waals surface area contributed by atoms with Crippen LogP contribution in [0, 0.1) is 15.9 Å². The van der Waals surface area contributed by atoms with Gasteiger partial charge >= 0.3 is 0 Å². The van der Waals surface area contributed by atoms with Gasteiger partial charge in [0.05, 0.1) is 11.0 Å². The maximum Gasteiger partial charge on any atom is 0.272 e. The highest BCUT2D eigenvalue weighted by molar-refractivity contribution is 9.10. The predicted octanol–water partition coefficient (Wildman–Crippen LogP) is 4.35. The number of benzene rings is 2. The summed E-state index contributed by atoms with van der Waals surface area (Å²) in [6.07, 6.45) is 0. The van der Waals surface area contributed by atoms with E-state index in [-0.39, 0.29) is 11.7 Å². The summed E-state index contributed by atoms with van der Waals surface area (Å²) in [6, 6.07) is 11.5. The number of non-ortho nitro benzene ring substituents is 1. The van der Waals surface area contributed by atoms with Gasteiger partial charge in [-0.25, -0.2) is 4.39 Å². The van der Waals surface area contributed by atoms with E-state index >= 15 is 0 Å². The summed E-state index contributed by atoms with van der Waals surface area (Å²) < 4.78 is 14.3. The molecule has 2 aromatic carbocycles. The van der Waals surface area contributed by atoms with Crippen molar-refractivity contribution in [3.63, 3.8) is 0 Å². The molecule has 0 aliphatic rings. The van der Waals surface area contributed by atoms with Gasteiger partial charge < -0.3 is 5.32 Å². The zero-order valence-electron chi connectivity index (χ0n) is 11.3. The van der Waals surface area contributed by atoms with E-state index in [0.717, 1.165) is 16.1 Å². The first-order valence-corrected chi connectivity index (χ1v) is 7.17. The quantitative estimate of drug-likeness (QED) is 0.642. The zero-order valence-corrected chi connectivity index (χ0v) is 12.9. The molecule has 1 unspecified atom stereocenters. The van der Waals surface area contributed by atoms with E-state index in [9.17, 15) is 14.5 Å². The van der Waals surface area contributed by atoms with E-state index in [1.807, 2.05) is 31.2 Å². The first-order chi connectivity index (χ1) is 9.95. The van der Waals surface area contributed by atoms with Gasteiger partial charge in [-0.3, -0.25) is 10.1 Å². The molecule has 1 N–H and O–H groups in total. The molecule has 0 heterocycles. The molecule has 110 valence electrons. The standard InChI is InChI=1S/C15H14BrFN2O2/c1-10(12-3-2-4-13(16)7-12)18-9-11-5-14(17)8-15(6-11)19(20)21/h2-8,10,18H,9H2,1H3. The molecule has 0 spiro atoms. The van der Waals surface area contributed by atoms with Crippen LogP contribution >= 0.6 is 15.9 Å². The van der Waals surface area contributed by atoms with Crippen LogP contribution in [0.1, 0.15) is 24.1 Å². The highest BCUT2D eigenvalue weighted by atomic mass is 79.9. The van der Waals surface area contributed by atoms with E-state index in [0.29, 0.717) is 12.1 Å². The fourth-order valence-electron chi connectivity index (χ4n) is 2.01. The third-order valence-electron chi connectivity index (χ3n) is 3.11. The summed E-state index contributed by atoms with van der Waals surface area (Å²) in [5, 5.41) is 13.9. The Balaban J connectivity index is 2.07. The molecule has 0 aliphatic heterocycles. The lowest BCUT2D eigenvalue weighted by molar-refractivity contribution is -0.385. The van der Waals surface area contributed by atoms with Gasteiger partial charge in [-0.05, 0) is 36.2 Å². The van der Waals surface area contributed by atoms with Crippen molar-refractivity contribution in [3.8, 4) is 0 Å². The zero-order chi connectivity index (χ0) is 15.4. The first-order valence-electron chi connectivity index (χ1n) is 6.38. The van der Waals surface area contributed by atoms with Crippen molar-refractivity contribution < 1.29 is 9.31 Å². The van der Waals surface area contributed by atoms with Crippen molar-refractivity contribution in [2.75, 3.05) is 0 Å². The SMILES string of the molecule is CC(NCc1cc(F)cc([N+](=O)[O-])c1)c1cccc(Br)c1.